The summed E-state index contributed by atoms with van der Waals surface area (Å²) in [7, 11) is 0. The third kappa shape index (κ3) is 3.25. The van der Waals surface area contributed by atoms with E-state index in [4.69, 9.17) is 22.7 Å². The van der Waals surface area contributed by atoms with Crippen LogP contribution in [0.25, 0.3) is 0 Å². The molecule has 0 spiro atoms. The van der Waals surface area contributed by atoms with Gasteiger partial charge in [0.2, 0.25) is 5.88 Å². The van der Waals surface area contributed by atoms with Crippen molar-refractivity contribution in [3.05, 3.63) is 52.6 Å². The molecular formula is C12H9BrN2OS. The Kier molecular flexibility index (Phi) is 3.71. The third-order valence-electron chi connectivity index (χ3n) is 2.04. The molecule has 0 unspecified atom stereocenters. The van der Waals surface area contributed by atoms with Crippen molar-refractivity contribution in [2.24, 2.45) is 5.73 Å². The first kappa shape index (κ1) is 12.0. The lowest BCUT2D eigenvalue weighted by atomic mass is 10.3. The number of aromatic nitrogens is 1. The average molecular weight is 309 g/mol. The first-order valence-electron chi connectivity index (χ1n) is 4.84. The van der Waals surface area contributed by atoms with Crippen molar-refractivity contribution in [2.45, 2.75) is 0 Å². The molecule has 3 nitrogen and oxygen atoms in total. The maximum atomic E-state index is 5.57. The maximum Gasteiger partial charge on any atom is 0.219 e. The number of hydrogen-bond acceptors (Lipinski definition) is 3. The summed E-state index contributed by atoms with van der Waals surface area (Å²) in [5.41, 5.74) is 6.20. The summed E-state index contributed by atoms with van der Waals surface area (Å²) in [4.78, 5) is 4.45. The highest BCUT2D eigenvalue weighted by molar-refractivity contribution is 9.10. The van der Waals surface area contributed by atoms with Crippen LogP contribution in [-0.4, -0.2) is 9.97 Å². The van der Waals surface area contributed by atoms with Crippen molar-refractivity contribution in [3.8, 4) is 11.6 Å². The third-order valence-corrected chi connectivity index (χ3v) is 2.77. The molecule has 0 bridgehead atoms. The quantitative estimate of drug-likeness (QED) is 0.884. The van der Waals surface area contributed by atoms with E-state index in [-0.39, 0.29) is 0 Å². The zero-order valence-electron chi connectivity index (χ0n) is 8.76. The second-order valence-electron chi connectivity index (χ2n) is 3.31. The highest BCUT2D eigenvalue weighted by Crippen LogP contribution is 2.22. The van der Waals surface area contributed by atoms with Crippen LogP contribution in [0.2, 0.25) is 0 Å². The first-order chi connectivity index (χ1) is 8.15. The molecule has 17 heavy (non-hydrogen) atoms. The molecule has 2 aromatic rings. The maximum absolute atomic E-state index is 5.57. The molecule has 1 heterocycles. The molecule has 86 valence electrons. The van der Waals surface area contributed by atoms with Crippen molar-refractivity contribution in [1.29, 1.82) is 0 Å². The van der Waals surface area contributed by atoms with Gasteiger partial charge in [0.25, 0.3) is 0 Å². The van der Waals surface area contributed by atoms with E-state index in [1.807, 2.05) is 24.3 Å². The van der Waals surface area contributed by atoms with Crippen LogP contribution >= 0.6 is 28.1 Å². The number of pyridine rings is 1. The standard InChI is InChI=1S/C12H9BrN2OS/c13-9-2-1-3-10(6-9)16-11-5-4-8(7-15-11)12(14)17/h1-7H,(H2,14,17). The Labute approximate surface area is 113 Å². The number of rotatable bonds is 3. The van der Waals surface area contributed by atoms with Crippen LogP contribution in [0.5, 0.6) is 11.6 Å². The Bertz CT molecular complexity index is 542. The molecule has 0 amide bonds. The van der Waals surface area contributed by atoms with Gasteiger partial charge >= 0.3 is 0 Å². The molecule has 0 aliphatic heterocycles. The lowest BCUT2D eigenvalue weighted by Crippen LogP contribution is -2.09. The van der Waals surface area contributed by atoms with E-state index in [1.54, 1.807) is 18.3 Å². The Morgan fingerprint density at radius 1 is 1.29 bits per heavy atom. The van der Waals surface area contributed by atoms with Gasteiger partial charge < -0.3 is 10.5 Å². The lowest BCUT2D eigenvalue weighted by molar-refractivity contribution is 0.462. The van der Waals surface area contributed by atoms with E-state index in [1.165, 1.54) is 0 Å². The smallest absolute Gasteiger partial charge is 0.219 e. The predicted molar refractivity (Wildman–Crippen MR) is 74.3 cm³/mol. The number of ether oxygens (including phenoxy) is 1. The van der Waals surface area contributed by atoms with Crippen LogP contribution in [0.4, 0.5) is 0 Å². The summed E-state index contributed by atoms with van der Waals surface area (Å²) in [6.45, 7) is 0. The fourth-order valence-corrected chi connectivity index (χ4v) is 1.74. The zero-order valence-corrected chi connectivity index (χ0v) is 11.2. The molecule has 0 atom stereocenters. The SMILES string of the molecule is NC(=S)c1ccc(Oc2cccc(Br)c2)nc1. The number of nitrogens with zero attached hydrogens (tertiary/aromatic N) is 1. The minimum atomic E-state index is 0.325. The monoisotopic (exact) mass is 308 g/mol. The molecule has 0 aliphatic carbocycles. The van der Waals surface area contributed by atoms with Crippen molar-refractivity contribution in [2.75, 3.05) is 0 Å². The van der Waals surface area contributed by atoms with Gasteiger partial charge in [-0.15, -0.1) is 0 Å². The van der Waals surface area contributed by atoms with E-state index < -0.39 is 0 Å². The minimum Gasteiger partial charge on any atom is -0.439 e. The highest BCUT2D eigenvalue weighted by atomic mass is 79.9. The number of nitrogens with two attached hydrogens (primary N) is 1. The molecule has 0 saturated carbocycles. The molecule has 2 rings (SSSR count). The zero-order chi connectivity index (χ0) is 12.3. The fraction of sp³-hybridized carbons (Fsp3) is 0. The van der Waals surface area contributed by atoms with Crippen LogP contribution in [0, 0.1) is 0 Å². The fourth-order valence-electron chi connectivity index (χ4n) is 1.24. The van der Waals surface area contributed by atoms with Gasteiger partial charge in [-0.1, -0.05) is 34.2 Å². The molecular weight excluding hydrogens is 300 g/mol. The summed E-state index contributed by atoms with van der Waals surface area (Å²) < 4.78 is 6.52. The van der Waals surface area contributed by atoms with Crippen LogP contribution in [-0.2, 0) is 0 Å². The Balaban J connectivity index is 2.16. The van der Waals surface area contributed by atoms with E-state index in [9.17, 15) is 0 Å². The minimum absolute atomic E-state index is 0.325. The van der Waals surface area contributed by atoms with Gasteiger partial charge in [-0.25, -0.2) is 4.98 Å². The highest BCUT2D eigenvalue weighted by Gasteiger charge is 2.01. The van der Waals surface area contributed by atoms with Gasteiger partial charge in [-0.2, -0.15) is 0 Å². The molecule has 0 fully saturated rings. The Morgan fingerprint density at radius 3 is 2.71 bits per heavy atom. The second kappa shape index (κ2) is 5.25. The average Bonchev–Trinajstić information content (AvgIpc) is 2.29. The van der Waals surface area contributed by atoms with Gasteiger partial charge in [0, 0.05) is 22.3 Å². The molecule has 0 aliphatic rings. The largest absolute Gasteiger partial charge is 0.439 e. The molecule has 0 saturated heterocycles. The summed E-state index contributed by atoms with van der Waals surface area (Å²) in [6, 6.07) is 11.0. The topological polar surface area (TPSA) is 48.1 Å². The van der Waals surface area contributed by atoms with E-state index in [2.05, 4.69) is 20.9 Å². The predicted octanol–water partition coefficient (Wildman–Crippen LogP) is 3.27. The second-order valence-corrected chi connectivity index (χ2v) is 4.66. The van der Waals surface area contributed by atoms with Crippen LogP contribution in [0.3, 0.4) is 0 Å². The van der Waals surface area contributed by atoms with Crippen molar-refractivity contribution >= 4 is 33.1 Å². The molecule has 5 heteroatoms. The lowest BCUT2D eigenvalue weighted by Gasteiger charge is -2.05. The van der Waals surface area contributed by atoms with Crippen molar-refractivity contribution < 1.29 is 4.74 Å². The van der Waals surface area contributed by atoms with Gasteiger partial charge in [0.1, 0.15) is 10.7 Å². The Morgan fingerprint density at radius 2 is 2.12 bits per heavy atom. The summed E-state index contributed by atoms with van der Waals surface area (Å²) in [5.74, 6) is 1.22. The van der Waals surface area contributed by atoms with E-state index in [0.29, 0.717) is 10.9 Å². The first-order valence-corrected chi connectivity index (χ1v) is 6.04. The number of hydrogen-bond donors (Lipinski definition) is 1. The molecule has 2 N–H and O–H groups in total. The van der Waals surface area contributed by atoms with Crippen LogP contribution in [0.1, 0.15) is 5.56 Å². The molecule has 1 aromatic carbocycles. The van der Waals surface area contributed by atoms with Crippen molar-refractivity contribution in [3.63, 3.8) is 0 Å². The van der Waals surface area contributed by atoms with Gasteiger partial charge in [-0.05, 0) is 24.3 Å². The summed E-state index contributed by atoms with van der Waals surface area (Å²) >= 11 is 8.22. The Hall–Kier alpha value is -1.46. The van der Waals surface area contributed by atoms with E-state index >= 15 is 0 Å². The molecule has 0 radical (unpaired) electrons. The van der Waals surface area contributed by atoms with Crippen LogP contribution in [0.15, 0.2) is 47.1 Å². The summed E-state index contributed by atoms with van der Waals surface area (Å²) in [5, 5.41) is 0. The summed E-state index contributed by atoms with van der Waals surface area (Å²) in [6.07, 6.45) is 1.59. The number of thiocarbonyl (C=S) groups is 1. The molecule has 1 aromatic heterocycles. The normalized spacial score (nSPS) is 9.94. The van der Waals surface area contributed by atoms with Crippen molar-refractivity contribution in [1.82, 2.24) is 4.98 Å². The van der Waals surface area contributed by atoms with E-state index in [0.717, 1.165) is 15.8 Å². The van der Waals surface area contributed by atoms with Gasteiger partial charge in [0.05, 0.1) is 0 Å². The van der Waals surface area contributed by atoms with Gasteiger partial charge in [-0.3, -0.25) is 0 Å². The van der Waals surface area contributed by atoms with Gasteiger partial charge in [0.15, 0.2) is 0 Å². The van der Waals surface area contributed by atoms with Crippen LogP contribution < -0.4 is 10.5 Å². The number of benzene rings is 1. The number of halogens is 1.